The van der Waals surface area contributed by atoms with Gasteiger partial charge in [0.15, 0.2) is 12.3 Å². The van der Waals surface area contributed by atoms with E-state index in [0.29, 0.717) is 30.3 Å². The number of amides is 1. The summed E-state index contributed by atoms with van der Waals surface area (Å²) in [6.07, 6.45) is 0.696. The molecule has 3 aromatic rings. The minimum absolute atomic E-state index is 0.0316. The molecule has 0 aliphatic rings. The van der Waals surface area contributed by atoms with Crippen LogP contribution in [-0.4, -0.2) is 34.8 Å². The minimum Gasteiger partial charge on any atom is -0.451 e. The number of aryl methyl sites for hydroxylation is 1. The number of rotatable bonds is 8. The smallest absolute Gasteiger partial charge is 0.359 e. The number of ether oxygens (including phenoxy) is 1. The second-order valence-corrected chi connectivity index (χ2v) is 7.11. The number of carbonyl (C=O) groups is 2. The number of carbonyl (C=O) groups excluding carboxylic acids is 2. The Kier molecular flexibility index (Phi) is 6.95. The van der Waals surface area contributed by atoms with Crippen molar-refractivity contribution in [3.63, 3.8) is 0 Å². The molecular formula is C23H25N3O4. The van der Waals surface area contributed by atoms with Gasteiger partial charge in [-0.2, -0.15) is 5.10 Å². The van der Waals surface area contributed by atoms with E-state index in [1.807, 2.05) is 44.2 Å². The van der Waals surface area contributed by atoms with Gasteiger partial charge in [-0.1, -0.05) is 62.4 Å². The Balaban J connectivity index is 1.66. The van der Waals surface area contributed by atoms with Gasteiger partial charge in [-0.15, -0.1) is 0 Å². The van der Waals surface area contributed by atoms with E-state index in [4.69, 9.17) is 4.74 Å². The SMILES string of the molecule is CCCn1nc(C(=O)OCC(=O)NCC(C)c2ccccc2)c2ccccc2c1=O. The Hall–Kier alpha value is -3.48. The molecule has 156 valence electrons. The van der Waals surface area contributed by atoms with Gasteiger partial charge in [-0.25, -0.2) is 9.48 Å². The van der Waals surface area contributed by atoms with Crippen molar-refractivity contribution in [2.24, 2.45) is 0 Å². The lowest BCUT2D eigenvalue weighted by molar-refractivity contribution is -0.124. The Labute approximate surface area is 174 Å². The average Bonchev–Trinajstić information content (AvgIpc) is 2.78. The van der Waals surface area contributed by atoms with Crippen molar-refractivity contribution < 1.29 is 14.3 Å². The second kappa shape index (κ2) is 9.82. The maximum Gasteiger partial charge on any atom is 0.359 e. The largest absolute Gasteiger partial charge is 0.451 e. The van der Waals surface area contributed by atoms with Crippen LogP contribution in [0.5, 0.6) is 0 Å². The molecule has 0 spiro atoms. The fourth-order valence-corrected chi connectivity index (χ4v) is 3.17. The van der Waals surface area contributed by atoms with E-state index in [9.17, 15) is 14.4 Å². The van der Waals surface area contributed by atoms with Crippen LogP contribution in [0.1, 0.15) is 42.2 Å². The standard InChI is InChI=1S/C23H25N3O4/c1-3-13-26-22(28)19-12-8-7-11-18(19)21(25-26)23(29)30-15-20(27)24-14-16(2)17-9-5-4-6-10-17/h4-12,16H,3,13-15H2,1-2H3,(H,24,27). The molecule has 1 amide bonds. The van der Waals surface area contributed by atoms with Crippen LogP contribution in [0.4, 0.5) is 0 Å². The van der Waals surface area contributed by atoms with E-state index in [1.54, 1.807) is 24.3 Å². The number of hydrogen-bond acceptors (Lipinski definition) is 5. The first-order valence-corrected chi connectivity index (χ1v) is 10.00. The quantitative estimate of drug-likeness (QED) is 0.580. The van der Waals surface area contributed by atoms with Gasteiger partial charge in [0.1, 0.15) is 0 Å². The molecule has 0 aliphatic heterocycles. The maximum absolute atomic E-state index is 12.6. The first-order chi connectivity index (χ1) is 14.5. The Bertz CT molecular complexity index is 1090. The molecule has 2 aromatic carbocycles. The number of esters is 1. The number of benzene rings is 2. The summed E-state index contributed by atoms with van der Waals surface area (Å²) >= 11 is 0. The van der Waals surface area contributed by atoms with Crippen LogP contribution >= 0.6 is 0 Å². The van der Waals surface area contributed by atoms with Gasteiger partial charge in [0, 0.05) is 18.5 Å². The van der Waals surface area contributed by atoms with Crippen molar-refractivity contribution in [3.05, 3.63) is 76.2 Å². The molecule has 0 fully saturated rings. The number of aromatic nitrogens is 2. The van der Waals surface area contributed by atoms with Gasteiger partial charge in [-0.05, 0) is 24.0 Å². The highest BCUT2D eigenvalue weighted by atomic mass is 16.5. The molecule has 0 bridgehead atoms. The molecule has 0 radical (unpaired) electrons. The van der Waals surface area contributed by atoms with Gasteiger partial charge in [-0.3, -0.25) is 9.59 Å². The molecule has 30 heavy (non-hydrogen) atoms. The van der Waals surface area contributed by atoms with Crippen molar-refractivity contribution in [3.8, 4) is 0 Å². The second-order valence-electron chi connectivity index (χ2n) is 7.11. The van der Waals surface area contributed by atoms with Gasteiger partial charge in [0.25, 0.3) is 11.5 Å². The summed E-state index contributed by atoms with van der Waals surface area (Å²) in [5.41, 5.74) is 0.893. The van der Waals surface area contributed by atoms with Crippen molar-refractivity contribution in [2.75, 3.05) is 13.2 Å². The van der Waals surface area contributed by atoms with Crippen LogP contribution in [0.15, 0.2) is 59.4 Å². The van der Waals surface area contributed by atoms with E-state index < -0.39 is 18.5 Å². The third-order valence-corrected chi connectivity index (χ3v) is 4.80. The number of hydrogen-bond donors (Lipinski definition) is 1. The van der Waals surface area contributed by atoms with Gasteiger partial charge in [0.05, 0.1) is 5.39 Å². The van der Waals surface area contributed by atoms with Crippen LogP contribution in [0.2, 0.25) is 0 Å². The van der Waals surface area contributed by atoms with Crippen molar-refractivity contribution in [1.82, 2.24) is 15.1 Å². The van der Waals surface area contributed by atoms with E-state index in [2.05, 4.69) is 10.4 Å². The van der Waals surface area contributed by atoms with Gasteiger partial charge >= 0.3 is 5.97 Å². The van der Waals surface area contributed by atoms with Crippen molar-refractivity contribution in [2.45, 2.75) is 32.7 Å². The summed E-state index contributed by atoms with van der Waals surface area (Å²) in [5, 5.41) is 7.77. The summed E-state index contributed by atoms with van der Waals surface area (Å²) in [6.45, 7) is 4.34. The van der Waals surface area contributed by atoms with Crippen LogP contribution in [-0.2, 0) is 16.1 Å². The Morgan fingerprint density at radius 2 is 1.73 bits per heavy atom. The molecule has 3 rings (SSSR count). The summed E-state index contributed by atoms with van der Waals surface area (Å²) < 4.78 is 6.44. The summed E-state index contributed by atoms with van der Waals surface area (Å²) in [4.78, 5) is 37.3. The molecule has 0 aliphatic carbocycles. The summed E-state index contributed by atoms with van der Waals surface area (Å²) in [5.74, 6) is -0.992. The molecule has 7 heteroatoms. The van der Waals surface area contributed by atoms with E-state index in [-0.39, 0.29) is 17.2 Å². The third kappa shape index (κ3) is 4.92. The van der Waals surface area contributed by atoms with E-state index in [1.165, 1.54) is 4.68 Å². The normalized spacial score (nSPS) is 11.8. The van der Waals surface area contributed by atoms with Crippen LogP contribution in [0.25, 0.3) is 10.8 Å². The highest BCUT2D eigenvalue weighted by Crippen LogP contribution is 2.15. The fraction of sp³-hybridized carbons (Fsp3) is 0.304. The van der Waals surface area contributed by atoms with Gasteiger partial charge in [0.2, 0.25) is 0 Å². The molecule has 0 saturated carbocycles. The summed E-state index contributed by atoms with van der Waals surface area (Å²) in [7, 11) is 0. The molecule has 1 N–H and O–H groups in total. The van der Waals surface area contributed by atoms with E-state index in [0.717, 1.165) is 5.56 Å². The third-order valence-electron chi connectivity index (χ3n) is 4.80. The van der Waals surface area contributed by atoms with Crippen molar-refractivity contribution in [1.29, 1.82) is 0 Å². The molecule has 1 heterocycles. The Morgan fingerprint density at radius 3 is 2.43 bits per heavy atom. The first kappa shape index (κ1) is 21.2. The average molecular weight is 407 g/mol. The highest BCUT2D eigenvalue weighted by Gasteiger charge is 2.19. The fourth-order valence-electron chi connectivity index (χ4n) is 3.17. The number of nitrogens with one attached hydrogen (secondary N) is 1. The highest BCUT2D eigenvalue weighted by molar-refractivity contribution is 6.02. The summed E-state index contributed by atoms with van der Waals surface area (Å²) in [6, 6.07) is 16.6. The number of nitrogens with zero attached hydrogens (tertiary/aromatic N) is 2. The molecule has 7 nitrogen and oxygen atoms in total. The van der Waals surface area contributed by atoms with Crippen LogP contribution < -0.4 is 10.9 Å². The molecular weight excluding hydrogens is 382 g/mol. The maximum atomic E-state index is 12.6. The molecule has 1 aromatic heterocycles. The zero-order valence-electron chi connectivity index (χ0n) is 17.1. The first-order valence-electron chi connectivity index (χ1n) is 10.00. The lowest BCUT2D eigenvalue weighted by Crippen LogP contribution is -2.32. The van der Waals surface area contributed by atoms with E-state index >= 15 is 0 Å². The lowest BCUT2D eigenvalue weighted by Gasteiger charge is -2.13. The minimum atomic E-state index is -0.734. The molecule has 0 saturated heterocycles. The molecule has 1 unspecified atom stereocenters. The van der Waals surface area contributed by atoms with Crippen LogP contribution in [0, 0.1) is 0 Å². The lowest BCUT2D eigenvalue weighted by atomic mass is 10.0. The Morgan fingerprint density at radius 1 is 1.07 bits per heavy atom. The van der Waals surface area contributed by atoms with Gasteiger partial charge < -0.3 is 10.1 Å². The zero-order chi connectivity index (χ0) is 21.5. The number of fused-ring (bicyclic) bond motifs is 1. The molecule has 1 atom stereocenters. The topological polar surface area (TPSA) is 90.3 Å². The van der Waals surface area contributed by atoms with Crippen molar-refractivity contribution >= 4 is 22.6 Å². The van der Waals surface area contributed by atoms with Crippen LogP contribution in [0.3, 0.4) is 0 Å². The predicted molar refractivity (Wildman–Crippen MR) is 114 cm³/mol. The predicted octanol–water partition coefficient (Wildman–Crippen LogP) is 2.88. The zero-order valence-corrected chi connectivity index (χ0v) is 17.1. The monoisotopic (exact) mass is 407 g/mol.